The Morgan fingerprint density at radius 1 is 1.18 bits per heavy atom. The predicted octanol–water partition coefficient (Wildman–Crippen LogP) is 3.50. The van der Waals surface area contributed by atoms with Crippen LogP contribution in [0.4, 0.5) is 13.2 Å². The number of carbonyl (C=O) groups excluding carboxylic acids is 1. The molecule has 2 atom stereocenters. The molecule has 0 radical (unpaired) electrons. The molecular formula is C26H23F3N4O5S. The number of aliphatic hydroxyl groups is 2. The number of allylic oxidation sites excluding steroid dienone is 4. The number of aromatic amines is 1. The summed E-state index contributed by atoms with van der Waals surface area (Å²) in [5.74, 6) is -6.15. The third kappa shape index (κ3) is 5.22. The molecule has 0 spiro atoms. The van der Waals surface area contributed by atoms with Gasteiger partial charge < -0.3 is 20.9 Å². The van der Waals surface area contributed by atoms with Gasteiger partial charge >= 0.3 is 0 Å². The summed E-state index contributed by atoms with van der Waals surface area (Å²) in [6, 6.07) is 8.39. The molecule has 1 aliphatic carbocycles. The summed E-state index contributed by atoms with van der Waals surface area (Å²) in [6.45, 7) is 2.31. The number of alkyl halides is 1. The maximum atomic E-state index is 16.7. The highest BCUT2D eigenvalue weighted by Crippen LogP contribution is 2.38. The normalized spacial score (nSPS) is 20.8. The van der Waals surface area contributed by atoms with Gasteiger partial charge in [0.25, 0.3) is 10.0 Å². The van der Waals surface area contributed by atoms with Gasteiger partial charge in [0.15, 0.2) is 0 Å². The number of benzene rings is 2. The van der Waals surface area contributed by atoms with Crippen LogP contribution in [0.1, 0.15) is 25.2 Å². The molecule has 4 rings (SSSR count). The zero-order chi connectivity index (χ0) is 28.8. The van der Waals surface area contributed by atoms with Crippen LogP contribution in [0.15, 0.2) is 71.2 Å². The number of aliphatic hydroxyl groups excluding tert-OH is 1. The third-order valence-electron chi connectivity index (χ3n) is 5.94. The first-order valence-electron chi connectivity index (χ1n) is 11.4. The highest BCUT2D eigenvalue weighted by Gasteiger charge is 2.53. The van der Waals surface area contributed by atoms with Gasteiger partial charge in [-0.15, -0.1) is 4.40 Å². The van der Waals surface area contributed by atoms with Gasteiger partial charge in [-0.25, -0.2) is 26.6 Å². The summed E-state index contributed by atoms with van der Waals surface area (Å²) >= 11 is 0. The molecule has 1 aliphatic rings. The maximum absolute atomic E-state index is 16.7. The number of sulfonamides is 1. The fourth-order valence-corrected chi connectivity index (χ4v) is 5.35. The number of imidazole rings is 1. The van der Waals surface area contributed by atoms with Crippen molar-refractivity contribution in [2.75, 3.05) is 0 Å². The van der Waals surface area contributed by atoms with E-state index in [1.165, 1.54) is 6.07 Å². The minimum absolute atomic E-state index is 0.282. The summed E-state index contributed by atoms with van der Waals surface area (Å²) in [4.78, 5) is 20.8. The molecule has 0 saturated carbocycles. The molecule has 39 heavy (non-hydrogen) atoms. The molecule has 1 heterocycles. The van der Waals surface area contributed by atoms with Crippen LogP contribution >= 0.6 is 0 Å². The van der Waals surface area contributed by atoms with Crippen molar-refractivity contribution >= 4 is 44.0 Å². The summed E-state index contributed by atoms with van der Waals surface area (Å²) in [6.07, 6.45) is 3.68. The highest BCUT2D eigenvalue weighted by atomic mass is 32.2. The number of ketones is 1. The molecule has 0 bridgehead atoms. The molecule has 1 aromatic heterocycles. The third-order valence-corrected chi connectivity index (χ3v) is 7.54. The number of para-hydroxylation sites is 2. The van der Waals surface area contributed by atoms with Crippen molar-refractivity contribution in [2.24, 2.45) is 10.1 Å². The van der Waals surface area contributed by atoms with E-state index in [9.17, 15) is 32.2 Å². The molecule has 0 aliphatic heterocycles. The molecule has 0 amide bonds. The quantitative estimate of drug-likeness (QED) is 0.149. The van der Waals surface area contributed by atoms with Crippen LogP contribution in [0.2, 0.25) is 0 Å². The van der Waals surface area contributed by atoms with Gasteiger partial charge in [0.2, 0.25) is 11.5 Å². The molecule has 9 nitrogen and oxygen atoms in total. The Labute approximate surface area is 221 Å². The lowest BCUT2D eigenvalue weighted by Crippen LogP contribution is -2.49. The number of fused-ring (bicyclic) bond motifs is 1. The second-order valence-electron chi connectivity index (χ2n) is 9.26. The molecule has 204 valence electrons. The van der Waals surface area contributed by atoms with Gasteiger partial charge in [0.1, 0.15) is 45.5 Å². The van der Waals surface area contributed by atoms with E-state index in [4.69, 9.17) is 5.73 Å². The molecular weight excluding hydrogens is 537 g/mol. The molecule has 0 saturated heterocycles. The van der Waals surface area contributed by atoms with E-state index >= 15 is 4.39 Å². The first kappa shape index (κ1) is 27.8. The Bertz CT molecular complexity index is 1670. The zero-order valence-corrected chi connectivity index (χ0v) is 21.4. The van der Waals surface area contributed by atoms with E-state index in [1.807, 2.05) is 0 Å². The van der Waals surface area contributed by atoms with Crippen LogP contribution < -0.4 is 5.73 Å². The predicted molar refractivity (Wildman–Crippen MR) is 140 cm³/mol. The second kappa shape index (κ2) is 9.82. The van der Waals surface area contributed by atoms with Crippen LogP contribution in [0.5, 0.6) is 0 Å². The Morgan fingerprint density at radius 3 is 2.54 bits per heavy atom. The van der Waals surface area contributed by atoms with Crippen molar-refractivity contribution in [2.45, 2.75) is 30.4 Å². The monoisotopic (exact) mass is 560 g/mol. The topological polar surface area (TPSA) is 159 Å². The number of nitrogens with two attached hydrogens (primary N) is 1. The first-order valence-corrected chi connectivity index (χ1v) is 12.9. The number of nitrogens with one attached hydrogen (secondary N) is 1. The van der Waals surface area contributed by atoms with Crippen molar-refractivity contribution in [3.8, 4) is 0 Å². The van der Waals surface area contributed by atoms with Gasteiger partial charge in [-0.05, 0) is 50.3 Å². The largest absolute Gasteiger partial charge is 0.506 e. The van der Waals surface area contributed by atoms with E-state index < -0.39 is 72.5 Å². The van der Waals surface area contributed by atoms with Gasteiger partial charge in [-0.1, -0.05) is 30.4 Å². The summed E-state index contributed by atoms with van der Waals surface area (Å²) in [5.41, 5.74) is -0.837. The first-order chi connectivity index (χ1) is 18.1. The Balaban J connectivity index is 1.96. The number of amidine groups is 1. The van der Waals surface area contributed by atoms with Crippen LogP contribution in [-0.2, 0) is 14.8 Å². The van der Waals surface area contributed by atoms with Gasteiger partial charge in [-0.2, -0.15) is 0 Å². The SMILES string of the molecule is CC(C)(O)C(N)=NS(=O)(=O)C1C=CC=CC1(F)C(=O)C(=C(O)c1cc(F)ccc1F)c1nc2ccccc2[nH]1. The number of halogens is 3. The Morgan fingerprint density at radius 2 is 1.87 bits per heavy atom. The number of H-pyrrole nitrogens is 1. The van der Waals surface area contributed by atoms with E-state index in [-0.39, 0.29) is 5.52 Å². The Kier molecular flexibility index (Phi) is 7.00. The van der Waals surface area contributed by atoms with Crippen LogP contribution in [0, 0.1) is 11.6 Å². The van der Waals surface area contributed by atoms with Gasteiger partial charge in [0.05, 0.1) is 16.6 Å². The summed E-state index contributed by atoms with van der Waals surface area (Å²) < 4.78 is 74.9. The number of carbonyl (C=O) groups is 1. The number of rotatable bonds is 7. The molecule has 0 fully saturated rings. The van der Waals surface area contributed by atoms with Crippen molar-refractivity contribution in [1.29, 1.82) is 0 Å². The number of hydrogen-bond acceptors (Lipinski definition) is 6. The van der Waals surface area contributed by atoms with Crippen molar-refractivity contribution in [1.82, 2.24) is 9.97 Å². The summed E-state index contributed by atoms with van der Waals surface area (Å²) in [7, 11) is -4.96. The molecule has 3 aromatic rings. The molecule has 5 N–H and O–H groups in total. The Hall–Kier alpha value is -4.23. The minimum atomic E-state index is -4.96. The fourth-order valence-electron chi connectivity index (χ4n) is 3.83. The number of Topliss-reactive ketones (excluding diaryl/α,β-unsaturated/α-hetero) is 1. The van der Waals surface area contributed by atoms with Crippen LogP contribution in [0.3, 0.4) is 0 Å². The smallest absolute Gasteiger partial charge is 0.265 e. The fraction of sp³-hybridized carbons (Fsp3) is 0.192. The molecule has 2 unspecified atom stereocenters. The van der Waals surface area contributed by atoms with E-state index in [0.717, 1.165) is 38.1 Å². The van der Waals surface area contributed by atoms with Gasteiger partial charge in [-0.3, -0.25) is 4.79 Å². The minimum Gasteiger partial charge on any atom is -0.506 e. The lowest BCUT2D eigenvalue weighted by atomic mass is 9.86. The van der Waals surface area contributed by atoms with Crippen molar-refractivity contribution in [3.05, 3.63) is 89.8 Å². The number of nitrogens with zero attached hydrogens (tertiary/aromatic N) is 2. The molecule has 13 heteroatoms. The van der Waals surface area contributed by atoms with Crippen LogP contribution in [0.25, 0.3) is 22.4 Å². The maximum Gasteiger partial charge on any atom is 0.265 e. The molecule has 2 aromatic carbocycles. The lowest BCUT2D eigenvalue weighted by molar-refractivity contribution is -0.121. The highest BCUT2D eigenvalue weighted by molar-refractivity contribution is 7.91. The van der Waals surface area contributed by atoms with E-state index in [1.54, 1.807) is 18.2 Å². The van der Waals surface area contributed by atoms with Crippen molar-refractivity contribution in [3.63, 3.8) is 0 Å². The average Bonchev–Trinajstić information content (AvgIpc) is 3.28. The van der Waals surface area contributed by atoms with E-state index in [0.29, 0.717) is 23.7 Å². The zero-order valence-electron chi connectivity index (χ0n) is 20.6. The lowest BCUT2D eigenvalue weighted by Gasteiger charge is -2.29. The van der Waals surface area contributed by atoms with Gasteiger partial charge in [0, 0.05) is 0 Å². The standard InChI is InChI=1S/C26H23F3N4O5S/c1-25(2,36)24(30)33-39(37,38)19-9-5-6-12-26(19,29)22(35)20(21(34)15-13-14(27)10-11-16(15)28)23-31-17-7-3-4-8-18(17)32-23/h3-13,19,34,36H,1-2H3,(H2,30,33)(H,31,32). The van der Waals surface area contributed by atoms with E-state index in [2.05, 4.69) is 14.4 Å². The second-order valence-corrected chi connectivity index (χ2v) is 11.0. The van der Waals surface area contributed by atoms with Crippen LogP contribution in [-0.4, -0.2) is 56.7 Å². The number of hydrogen-bond donors (Lipinski definition) is 4. The summed E-state index contributed by atoms with van der Waals surface area (Å²) in [5, 5.41) is 18.8. The van der Waals surface area contributed by atoms with Crippen molar-refractivity contribution < 1.29 is 36.6 Å². The number of aromatic nitrogens is 2. The average molecular weight is 561 g/mol.